The third-order valence-corrected chi connectivity index (χ3v) is 5.27. The fraction of sp³-hybridized carbons (Fsp3) is 0.240. The van der Waals surface area contributed by atoms with E-state index in [1.807, 2.05) is 55.6 Å². The molecular formula is C25H26N2O2. The number of ether oxygens (including phenoxy) is 1. The molecular weight excluding hydrogens is 360 g/mol. The topological polar surface area (TPSA) is 47.3 Å². The largest absolute Gasteiger partial charge is 0.494 e. The zero-order valence-corrected chi connectivity index (χ0v) is 17.3. The van der Waals surface area contributed by atoms with Crippen molar-refractivity contribution in [3.8, 4) is 17.3 Å². The van der Waals surface area contributed by atoms with E-state index in [1.54, 1.807) is 17.0 Å². The highest BCUT2D eigenvalue weighted by Gasteiger charge is 2.18. The maximum atomic E-state index is 11.0. The summed E-state index contributed by atoms with van der Waals surface area (Å²) in [5.41, 5.74) is 3.30. The molecule has 1 N–H and O–H groups in total. The van der Waals surface area contributed by atoms with Crippen molar-refractivity contribution < 1.29 is 9.84 Å². The Bertz CT molecular complexity index is 1120. The Morgan fingerprint density at radius 3 is 2.31 bits per heavy atom. The number of aromatic hydroxyl groups is 1. The number of benzene rings is 2. The number of fused-ring (bicyclic) bond motifs is 1. The van der Waals surface area contributed by atoms with Crippen LogP contribution in [0, 0.1) is 0 Å². The minimum atomic E-state index is -0.155. The van der Waals surface area contributed by atoms with Gasteiger partial charge in [0.2, 0.25) is 5.88 Å². The van der Waals surface area contributed by atoms with Gasteiger partial charge in [0, 0.05) is 29.7 Å². The molecule has 2 aromatic carbocycles. The summed E-state index contributed by atoms with van der Waals surface area (Å²) >= 11 is 0. The zero-order valence-electron chi connectivity index (χ0n) is 17.3. The Morgan fingerprint density at radius 2 is 1.66 bits per heavy atom. The average molecular weight is 386 g/mol. The van der Waals surface area contributed by atoms with Gasteiger partial charge >= 0.3 is 0 Å². The minimum absolute atomic E-state index is 0.0894. The highest BCUT2D eigenvalue weighted by molar-refractivity contribution is 5.94. The van der Waals surface area contributed by atoms with Crippen LogP contribution in [-0.2, 0) is 5.41 Å². The van der Waals surface area contributed by atoms with E-state index in [-0.39, 0.29) is 17.4 Å². The SMILES string of the molecule is C[C@@H](Oc1cccc2cn(-c3ccc(C(C)(C)C)cc3)c(O)c12)c1ccncc1. The molecule has 148 valence electrons. The summed E-state index contributed by atoms with van der Waals surface area (Å²) in [5, 5.41) is 12.7. The molecule has 0 aliphatic rings. The van der Waals surface area contributed by atoms with Crippen molar-refractivity contribution in [2.24, 2.45) is 0 Å². The lowest BCUT2D eigenvalue weighted by Crippen LogP contribution is -2.10. The van der Waals surface area contributed by atoms with Gasteiger partial charge in [-0.05, 0) is 53.8 Å². The van der Waals surface area contributed by atoms with Crippen LogP contribution in [0.25, 0.3) is 16.5 Å². The van der Waals surface area contributed by atoms with Crippen molar-refractivity contribution in [2.45, 2.75) is 39.2 Å². The Balaban J connectivity index is 1.72. The highest BCUT2D eigenvalue weighted by Crippen LogP contribution is 2.38. The van der Waals surface area contributed by atoms with Gasteiger partial charge in [-0.1, -0.05) is 45.0 Å². The van der Waals surface area contributed by atoms with Gasteiger partial charge in [-0.15, -0.1) is 0 Å². The first kappa shape index (κ1) is 19.1. The first-order valence-corrected chi connectivity index (χ1v) is 9.85. The fourth-order valence-corrected chi connectivity index (χ4v) is 3.53. The summed E-state index contributed by atoms with van der Waals surface area (Å²) in [4.78, 5) is 4.06. The Labute approximate surface area is 171 Å². The van der Waals surface area contributed by atoms with Crippen LogP contribution >= 0.6 is 0 Å². The molecule has 0 amide bonds. The Morgan fingerprint density at radius 1 is 0.966 bits per heavy atom. The second-order valence-corrected chi connectivity index (χ2v) is 8.38. The molecule has 0 unspecified atom stereocenters. The fourth-order valence-electron chi connectivity index (χ4n) is 3.53. The van der Waals surface area contributed by atoms with Gasteiger partial charge in [-0.3, -0.25) is 9.55 Å². The van der Waals surface area contributed by atoms with Crippen molar-refractivity contribution in [2.75, 3.05) is 0 Å². The van der Waals surface area contributed by atoms with Gasteiger partial charge in [0.15, 0.2) is 0 Å². The molecule has 2 aromatic heterocycles. The molecule has 4 aromatic rings. The van der Waals surface area contributed by atoms with E-state index in [2.05, 4.69) is 37.9 Å². The normalized spacial score (nSPS) is 12.8. The lowest BCUT2D eigenvalue weighted by molar-refractivity contribution is 0.229. The molecule has 4 rings (SSSR count). The molecule has 0 aliphatic carbocycles. The molecule has 0 saturated heterocycles. The zero-order chi connectivity index (χ0) is 20.6. The van der Waals surface area contributed by atoms with E-state index in [0.717, 1.165) is 16.6 Å². The van der Waals surface area contributed by atoms with Crippen LogP contribution in [0.4, 0.5) is 0 Å². The monoisotopic (exact) mass is 386 g/mol. The Hall–Kier alpha value is -3.27. The van der Waals surface area contributed by atoms with Crippen LogP contribution in [0.15, 0.2) is 73.2 Å². The van der Waals surface area contributed by atoms with Gasteiger partial charge < -0.3 is 9.84 Å². The van der Waals surface area contributed by atoms with Gasteiger partial charge in [-0.2, -0.15) is 0 Å². The van der Waals surface area contributed by atoms with Crippen LogP contribution in [0.3, 0.4) is 0 Å². The predicted octanol–water partition coefficient (Wildman–Crippen LogP) is 6.17. The molecule has 4 nitrogen and oxygen atoms in total. The number of aromatic nitrogens is 2. The first-order chi connectivity index (χ1) is 13.8. The van der Waals surface area contributed by atoms with Crippen LogP contribution in [0.5, 0.6) is 11.6 Å². The minimum Gasteiger partial charge on any atom is -0.494 e. The van der Waals surface area contributed by atoms with Crippen molar-refractivity contribution in [3.05, 3.63) is 84.3 Å². The molecule has 4 heteroatoms. The Kier molecular flexibility index (Phi) is 4.79. The summed E-state index contributed by atoms with van der Waals surface area (Å²) in [7, 11) is 0. The van der Waals surface area contributed by atoms with Crippen LogP contribution in [0.2, 0.25) is 0 Å². The summed E-state index contributed by atoms with van der Waals surface area (Å²) in [6.07, 6.45) is 5.30. The number of pyridine rings is 1. The summed E-state index contributed by atoms with van der Waals surface area (Å²) in [6.45, 7) is 8.57. The lowest BCUT2D eigenvalue weighted by atomic mass is 9.87. The molecule has 0 radical (unpaired) electrons. The molecule has 0 fully saturated rings. The van der Waals surface area contributed by atoms with Gasteiger partial charge in [0.1, 0.15) is 11.9 Å². The molecule has 0 bridgehead atoms. The van der Waals surface area contributed by atoms with Crippen molar-refractivity contribution in [1.29, 1.82) is 0 Å². The third kappa shape index (κ3) is 3.70. The van der Waals surface area contributed by atoms with Crippen molar-refractivity contribution in [3.63, 3.8) is 0 Å². The average Bonchev–Trinajstić information content (AvgIpc) is 3.06. The number of hydrogen-bond donors (Lipinski definition) is 1. The summed E-state index contributed by atoms with van der Waals surface area (Å²) in [6, 6.07) is 18.0. The first-order valence-electron chi connectivity index (χ1n) is 9.85. The van der Waals surface area contributed by atoms with E-state index in [4.69, 9.17) is 4.74 Å². The number of rotatable bonds is 4. The van der Waals surface area contributed by atoms with Crippen LogP contribution in [0.1, 0.15) is 44.9 Å². The second kappa shape index (κ2) is 7.28. The van der Waals surface area contributed by atoms with Crippen LogP contribution < -0.4 is 4.74 Å². The smallest absolute Gasteiger partial charge is 0.207 e. The maximum absolute atomic E-state index is 11.0. The van der Waals surface area contributed by atoms with Gasteiger partial charge in [0.05, 0.1) is 5.39 Å². The van der Waals surface area contributed by atoms with E-state index < -0.39 is 0 Å². The van der Waals surface area contributed by atoms with Crippen LogP contribution in [-0.4, -0.2) is 14.7 Å². The molecule has 29 heavy (non-hydrogen) atoms. The number of nitrogens with zero attached hydrogens (tertiary/aromatic N) is 2. The van der Waals surface area contributed by atoms with E-state index in [1.165, 1.54) is 5.56 Å². The summed E-state index contributed by atoms with van der Waals surface area (Å²) in [5.74, 6) is 0.843. The quantitative estimate of drug-likeness (QED) is 0.456. The van der Waals surface area contributed by atoms with Crippen molar-refractivity contribution >= 4 is 10.8 Å². The molecule has 0 saturated carbocycles. The third-order valence-electron chi connectivity index (χ3n) is 5.27. The number of hydrogen-bond acceptors (Lipinski definition) is 3. The standard InChI is InChI=1S/C25H26N2O2/c1-17(18-12-14-26-15-13-18)29-22-7-5-6-19-16-27(24(28)23(19)22)21-10-8-20(9-11-21)25(2,3)4/h5-17,28H,1-4H3/t17-/m1/s1. The van der Waals surface area contributed by atoms with Crippen molar-refractivity contribution in [1.82, 2.24) is 9.55 Å². The summed E-state index contributed by atoms with van der Waals surface area (Å²) < 4.78 is 8.01. The molecule has 0 spiro atoms. The van der Waals surface area contributed by atoms with Gasteiger partial charge in [0.25, 0.3) is 0 Å². The highest BCUT2D eigenvalue weighted by atomic mass is 16.5. The molecule has 0 aliphatic heterocycles. The van der Waals surface area contributed by atoms with Gasteiger partial charge in [-0.25, -0.2) is 0 Å². The lowest BCUT2D eigenvalue weighted by Gasteiger charge is -2.19. The maximum Gasteiger partial charge on any atom is 0.207 e. The van der Waals surface area contributed by atoms with E-state index in [0.29, 0.717) is 11.1 Å². The molecule has 1 atom stereocenters. The van der Waals surface area contributed by atoms with E-state index >= 15 is 0 Å². The van der Waals surface area contributed by atoms with E-state index in [9.17, 15) is 5.11 Å². The predicted molar refractivity (Wildman–Crippen MR) is 117 cm³/mol. The molecule has 2 heterocycles. The second-order valence-electron chi connectivity index (χ2n) is 8.38.